The molecule has 0 bridgehead atoms. The summed E-state index contributed by atoms with van der Waals surface area (Å²) in [6.45, 7) is 4.51. The minimum atomic E-state index is -0.971. The maximum Gasteiger partial charge on any atom is 0.303 e. The van der Waals surface area contributed by atoms with Gasteiger partial charge in [0.1, 0.15) is 12.4 Å². The van der Waals surface area contributed by atoms with Crippen molar-refractivity contribution >= 4 is 41.3 Å². The molecule has 5 heteroatoms. The van der Waals surface area contributed by atoms with Crippen molar-refractivity contribution in [1.82, 2.24) is 0 Å². The second-order valence-corrected chi connectivity index (χ2v) is 5.50. The van der Waals surface area contributed by atoms with E-state index in [4.69, 9.17) is 9.84 Å². The van der Waals surface area contributed by atoms with Crippen LogP contribution in [0.1, 0.15) is 39.9 Å². The summed E-state index contributed by atoms with van der Waals surface area (Å²) in [4.78, 5) is 22.5. The Bertz CT molecular complexity index is 705. The Hall–Kier alpha value is -1.62. The number of ketones is 1. The summed E-state index contributed by atoms with van der Waals surface area (Å²) in [5.41, 5.74) is 3.94. The van der Waals surface area contributed by atoms with Crippen LogP contribution in [0.25, 0.3) is 0 Å². The van der Waals surface area contributed by atoms with Crippen molar-refractivity contribution in [3.63, 3.8) is 0 Å². The van der Waals surface area contributed by atoms with E-state index in [1.165, 1.54) is 11.1 Å². The molecule has 4 nitrogen and oxygen atoms in total. The first-order chi connectivity index (χ1) is 11.0. The van der Waals surface area contributed by atoms with E-state index in [9.17, 15) is 9.59 Å². The van der Waals surface area contributed by atoms with Gasteiger partial charge < -0.3 is 9.84 Å². The van der Waals surface area contributed by atoms with Gasteiger partial charge in [0, 0.05) is 41.5 Å². The second-order valence-electron chi connectivity index (χ2n) is 5.50. The Morgan fingerprint density at radius 2 is 1.62 bits per heavy atom. The third-order valence-corrected chi connectivity index (χ3v) is 3.75. The fourth-order valence-corrected chi connectivity index (χ4v) is 2.36. The van der Waals surface area contributed by atoms with Crippen molar-refractivity contribution in [2.24, 2.45) is 0 Å². The summed E-state index contributed by atoms with van der Waals surface area (Å²) >= 11 is 0. The summed E-state index contributed by atoms with van der Waals surface area (Å²) in [6.07, 6.45) is -0.165. The van der Waals surface area contributed by atoms with Gasteiger partial charge in [-0.05, 0) is 42.7 Å². The Labute approximate surface area is 164 Å². The molecule has 1 N–H and O–H groups in total. The van der Waals surface area contributed by atoms with Crippen molar-refractivity contribution in [3.05, 3.63) is 64.7 Å². The van der Waals surface area contributed by atoms with E-state index >= 15 is 0 Å². The normalized spacial score (nSPS) is 9.92. The molecule has 0 atom stereocenters. The largest absolute Gasteiger partial charge is 0.489 e. The SMILES string of the molecule is Cc1cccc(C)c1COc1cccc(C(=O)CCC(=O)O)c1.[Na]. The molecule has 0 saturated heterocycles. The fourth-order valence-electron chi connectivity index (χ4n) is 2.36. The van der Waals surface area contributed by atoms with E-state index in [0.29, 0.717) is 17.9 Å². The van der Waals surface area contributed by atoms with Crippen molar-refractivity contribution in [2.75, 3.05) is 0 Å². The third kappa shape index (κ3) is 5.78. The first-order valence-electron chi connectivity index (χ1n) is 7.50. The molecule has 2 aromatic rings. The Morgan fingerprint density at radius 3 is 2.25 bits per heavy atom. The number of aryl methyl sites for hydroxylation is 2. The summed E-state index contributed by atoms with van der Waals surface area (Å²) in [5.74, 6) is -0.556. The number of carboxylic acid groups (broad SMARTS) is 1. The summed E-state index contributed by atoms with van der Waals surface area (Å²) in [7, 11) is 0. The summed E-state index contributed by atoms with van der Waals surface area (Å²) < 4.78 is 5.80. The number of carbonyl (C=O) groups excluding carboxylic acids is 1. The topological polar surface area (TPSA) is 63.6 Å². The molecule has 121 valence electrons. The quantitative estimate of drug-likeness (QED) is 0.621. The molecule has 0 unspecified atom stereocenters. The van der Waals surface area contributed by atoms with Gasteiger partial charge in [0.25, 0.3) is 0 Å². The monoisotopic (exact) mass is 335 g/mol. The maximum atomic E-state index is 12.0. The van der Waals surface area contributed by atoms with Gasteiger partial charge in [-0.1, -0.05) is 30.3 Å². The number of aliphatic carboxylic acids is 1. The first kappa shape index (κ1) is 20.4. The van der Waals surface area contributed by atoms with E-state index in [1.54, 1.807) is 24.3 Å². The van der Waals surface area contributed by atoms with E-state index in [-0.39, 0.29) is 48.2 Å². The zero-order valence-corrected chi connectivity index (χ0v) is 16.3. The van der Waals surface area contributed by atoms with Gasteiger partial charge >= 0.3 is 5.97 Å². The number of Topliss-reactive ketones (excluding diaryl/α,β-unsaturated/α-hetero) is 1. The van der Waals surface area contributed by atoms with Crippen LogP contribution in [0.4, 0.5) is 0 Å². The van der Waals surface area contributed by atoms with Crippen LogP contribution in [0.2, 0.25) is 0 Å². The first-order valence-corrected chi connectivity index (χ1v) is 7.50. The molecule has 1 radical (unpaired) electrons. The fraction of sp³-hybridized carbons (Fsp3) is 0.263. The Morgan fingerprint density at radius 1 is 1.00 bits per heavy atom. The minimum Gasteiger partial charge on any atom is -0.489 e. The molecule has 0 heterocycles. The van der Waals surface area contributed by atoms with Crippen molar-refractivity contribution in [3.8, 4) is 5.75 Å². The molecule has 0 saturated carbocycles. The molecule has 0 aliphatic heterocycles. The number of hydrogen-bond donors (Lipinski definition) is 1. The van der Waals surface area contributed by atoms with Gasteiger partial charge in [-0.3, -0.25) is 9.59 Å². The van der Waals surface area contributed by atoms with Gasteiger partial charge in [-0.15, -0.1) is 0 Å². The van der Waals surface area contributed by atoms with E-state index in [0.717, 1.165) is 5.56 Å². The molecule has 0 fully saturated rings. The van der Waals surface area contributed by atoms with Crippen molar-refractivity contribution in [2.45, 2.75) is 33.3 Å². The average molecular weight is 335 g/mol. The molecule has 2 rings (SSSR count). The zero-order valence-electron chi connectivity index (χ0n) is 14.3. The molecule has 0 spiro atoms. The average Bonchev–Trinajstić information content (AvgIpc) is 2.52. The third-order valence-electron chi connectivity index (χ3n) is 3.75. The van der Waals surface area contributed by atoms with Crippen LogP contribution in [0.15, 0.2) is 42.5 Å². The molecular formula is C19H20NaO4. The molecule has 0 amide bonds. The van der Waals surface area contributed by atoms with Gasteiger partial charge in [-0.2, -0.15) is 0 Å². The molecule has 24 heavy (non-hydrogen) atoms. The van der Waals surface area contributed by atoms with Crippen LogP contribution < -0.4 is 4.74 Å². The van der Waals surface area contributed by atoms with E-state index in [2.05, 4.69) is 0 Å². The second kappa shape index (κ2) is 9.62. The molecule has 2 aromatic carbocycles. The standard InChI is InChI=1S/C19H20O4.Na/c1-13-5-3-6-14(2)17(13)12-23-16-8-4-7-15(11-16)18(20)9-10-19(21)22;/h3-8,11H,9-10,12H2,1-2H3,(H,21,22);. The predicted molar refractivity (Wildman–Crippen MR) is 93.6 cm³/mol. The van der Waals surface area contributed by atoms with E-state index < -0.39 is 5.97 Å². The van der Waals surface area contributed by atoms with Crippen LogP contribution >= 0.6 is 0 Å². The summed E-state index contributed by atoms with van der Waals surface area (Å²) in [5, 5.41) is 8.65. The maximum absolute atomic E-state index is 12.0. The van der Waals surface area contributed by atoms with Crippen LogP contribution in [-0.4, -0.2) is 46.4 Å². The van der Waals surface area contributed by atoms with E-state index in [1.807, 2.05) is 32.0 Å². The minimum absolute atomic E-state index is 0. The molecule has 0 aliphatic rings. The number of hydrogen-bond acceptors (Lipinski definition) is 3. The van der Waals surface area contributed by atoms with Crippen LogP contribution in [0, 0.1) is 13.8 Å². The van der Waals surface area contributed by atoms with Gasteiger partial charge in [0.2, 0.25) is 0 Å². The number of carbonyl (C=O) groups is 2. The van der Waals surface area contributed by atoms with Crippen molar-refractivity contribution in [1.29, 1.82) is 0 Å². The smallest absolute Gasteiger partial charge is 0.303 e. The molecule has 0 aliphatic carbocycles. The van der Waals surface area contributed by atoms with Crippen molar-refractivity contribution < 1.29 is 19.4 Å². The van der Waals surface area contributed by atoms with Gasteiger partial charge in [0.15, 0.2) is 5.78 Å². The summed E-state index contributed by atoms with van der Waals surface area (Å²) in [6, 6.07) is 13.0. The Kier molecular flexibility index (Phi) is 8.19. The molecular weight excluding hydrogens is 315 g/mol. The molecule has 0 aromatic heterocycles. The van der Waals surface area contributed by atoms with Crippen LogP contribution in [-0.2, 0) is 11.4 Å². The zero-order chi connectivity index (χ0) is 16.8. The van der Waals surface area contributed by atoms with Crippen LogP contribution in [0.5, 0.6) is 5.75 Å². The number of ether oxygens (including phenoxy) is 1. The Balaban J connectivity index is 0.00000288. The van der Waals surface area contributed by atoms with Crippen LogP contribution in [0.3, 0.4) is 0 Å². The predicted octanol–water partition coefficient (Wildman–Crippen LogP) is 3.55. The number of carboxylic acids is 1. The van der Waals surface area contributed by atoms with Gasteiger partial charge in [0.05, 0.1) is 6.42 Å². The number of benzene rings is 2. The van der Waals surface area contributed by atoms with Gasteiger partial charge in [-0.25, -0.2) is 0 Å². The number of rotatable bonds is 7.